The molecule has 1 aromatic carbocycles. The van der Waals surface area contributed by atoms with Crippen molar-refractivity contribution in [3.05, 3.63) is 66.1 Å². The van der Waals surface area contributed by atoms with Crippen LogP contribution in [0.4, 0.5) is 0 Å². The van der Waals surface area contributed by atoms with Crippen LogP contribution >= 0.6 is 0 Å². The van der Waals surface area contributed by atoms with Crippen molar-refractivity contribution in [3.8, 4) is 0 Å². The van der Waals surface area contributed by atoms with Gasteiger partial charge in [0.05, 0.1) is 11.7 Å². The molecule has 0 bridgehead atoms. The maximum atomic E-state index is 4.75. The molecule has 0 aliphatic rings. The van der Waals surface area contributed by atoms with Gasteiger partial charge in [0.1, 0.15) is 0 Å². The molecule has 0 spiro atoms. The monoisotopic (exact) mass is 278 g/mol. The summed E-state index contributed by atoms with van der Waals surface area (Å²) in [5.41, 5.74) is 3.26. The third kappa shape index (κ3) is 3.23. The van der Waals surface area contributed by atoms with E-state index < -0.39 is 0 Å². The van der Waals surface area contributed by atoms with Crippen LogP contribution in [0.5, 0.6) is 0 Å². The molecule has 0 saturated carbocycles. The predicted octanol–water partition coefficient (Wildman–Crippen LogP) is 2.92. The minimum Gasteiger partial charge on any atom is -0.310 e. The summed E-state index contributed by atoms with van der Waals surface area (Å²) in [4.78, 5) is 4.75. The Hall–Kier alpha value is -2.33. The normalized spacial score (nSPS) is 12.4. The molecular formula is C17H18N4. The van der Waals surface area contributed by atoms with E-state index in [1.54, 1.807) is 6.20 Å². The van der Waals surface area contributed by atoms with Gasteiger partial charge in [-0.05, 0) is 30.3 Å². The fraction of sp³-hybridized carbons (Fsp3) is 0.235. The zero-order chi connectivity index (χ0) is 14.5. The minimum absolute atomic E-state index is 0.208. The molecule has 0 fully saturated rings. The van der Waals surface area contributed by atoms with E-state index in [4.69, 9.17) is 4.98 Å². The van der Waals surface area contributed by atoms with Gasteiger partial charge in [0.15, 0.2) is 0 Å². The van der Waals surface area contributed by atoms with E-state index in [1.165, 1.54) is 5.39 Å². The van der Waals surface area contributed by atoms with E-state index in [0.717, 1.165) is 29.7 Å². The van der Waals surface area contributed by atoms with Gasteiger partial charge in [0.25, 0.3) is 0 Å². The third-order valence-corrected chi connectivity index (χ3v) is 3.53. The first-order valence-corrected chi connectivity index (χ1v) is 7.21. The molecule has 21 heavy (non-hydrogen) atoms. The summed E-state index contributed by atoms with van der Waals surface area (Å²) in [7, 11) is 0. The number of aromatic nitrogens is 3. The molecule has 0 aliphatic heterocycles. The number of likely N-dealkylation sites (N-methyl/N-ethyl adjacent to an activating group) is 1. The molecule has 4 heteroatoms. The Morgan fingerprint density at radius 1 is 1.05 bits per heavy atom. The van der Waals surface area contributed by atoms with Crippen molar-refractivity contribution < 1.29 is 0 Å². The number of para-hydroxylation sites is 1. The maximum Gasteiger partial charge on any atom is 0.0705 e. The van der Waals surface area contributed by atoms with Crippen LogP contribution in [0.25, 0.3) is 10.9 Å². The Balaban J connectivity index is 1.87. The topological polar surface area (TPSA) is 50.7 Å². The lowest BCUT2D eigenvalue weighted by molar-refractivity contribution is 0.542. The summed E-state index contributed by atoms with van der Waals surface area (Å²) in [6.07, 6.45) is 4.38. The van der Waals surface area contributed by atoms with Crippen molar-refractivity contribution in [3.63, 3.8) is 0 Å². The first kappa shape index (κ1) is 13.6. The van der Waals surface area contributed by atoms with Gasteiger partial charge in [0.2, 0.25) is 0 Å². The second kappa shape index (κ2) is 6.41. The summed E-state index contributed by atoms with van der Waals surface area (Å²) in [6.45, 7) is 3.01. The summed E-state index contributed by atoms with van der Waals surface area (Å²) in [5.74, 6) is 0. The summed E-state index contributed by atoms with van der Waals surface area (Å²) in [6, 6.07) is 14.6. The molecule has 1 unspecified atom stereocenters. The van der Waals surface area contributed by atoms with Gasteiger partial charge >= 0.3 is 0 Å². The van der Waals surface area contributed by atoms with E-state index >= 15 is 0 Å². The van der Waals surface area contributed by atoms with Crippen LogP contribution in [0.15, 0.2) is 54.9 Å². The summed E-state index contributed by atoms with van der Waals surface area (Å²) < 4.78 is 0. The molecule has 0 amide bonds. The second-order valence-corrected chi connectivity index (χ2v) is 4.99. The molecule has 0 aliphatic carbocycles. The first-order valence-electron chi connectivity index (χ1n) is 7.21. The molecule has 3 aromatic rings. The number of hydrogen-bond acceptors (Lipinski definition) is 4. The lowest BCUT2D eigenvalue weighted by Crippen LogP contribution is -2.23. The molecular weight excluding hydrogens is 260 g/mol. The average Bonchev–Trinajstić information content (AvgIpc) is 2.55. The highest BCUT2D eigenvalue weighted by Crippen LogP contribution is 2.18. The fourth-order valence-corrected chi connectivity index (χ4v) is 2.49. The molecule has 106 valence electrons. The van der Waals surface area contributed by atoms with Crippen molar-refractivity contribution in [2.75, 3.05) is 6.54 Å². The van der Waals surface area contributed by atoms with Gasteiger partial charge in [-0.15, -0.1) is 0 Å². The van der Waals surface area contributed by atoms with Crippen LogP contribution in [0.1, 0.15) is 24.2 Å². The maximum absolute atomic E-state index is 4.75. The minimum atomic E-state index is 0.208. The van der Waals surface area contributed by atoms with E-state index in [-0.39, 0.29) is 6.04 Å². The molecule has 2 heterocycles. The Morgan fingerprint density at radius 3 is 2.76 bits per heavy atom. The Morgan fingerprint density at radius 2 is 1.95 bits per heavy atom. The number of fused-ring (bicyclic) bond motifs is 1. The van der Waals surface area contributed by atoms with Gasteiger partial charge in [-0.25, -0.2) is 0 Å². The van der Waals surface area contributed by atoms with Crippen LogP contribution in [-0.4, -0.2) is 21.7 Å². The predicted molar refractivity (Wildman–Crippen MR) is 83.9 cm³/mol. The van der Waals surface area contributed by atoms with Gasteiger partial charge in [-0.2, -0.15) is 10.2 Å². The quantitative estimate of drug-likeness (QED) is 0.779. The number of nitrogens with zero attached hydrogens (tertiary/aromatic N) is 3. The van der Waals surface area contributed by atoms with Gasteiger partial charge < -0.3 is 5.32 Å². The number of nitrogens with one attached hydrogen (secondary N) is 1. The average molecular weight is 278 g/mol. The third-order valence-electron chi connectivity index (χ3n) is 3.53. The molecule has 1 atom stereocenters. The van der Waals surface area contributed by atoms with Crippen LogP contribution in [0, 0.1) is 0 Å². The van der Waals surface area contributed by atoms with Crippen molar-refractivity contribution in [2.45, 2.75) is 19.4 Å². The molecule has 1 N–H and O–H groups in total. The van der Waals surface area contributed by atoms with Crippen LogP contribution in [0.2, 0.25) is 0 Å². The zero-order valence-electron chi connectivity index (χ0n) is 12.0. The number of rotatable bonds is 5. The van der Waals surface area contributed by atoms with Crippen molar-refractivity contribution in [1.82, 2.24) is 20.5 Å². The van der Waals surface area contributed by atoms with E-state index in [9.17, 15) is 0 Å². The van der Waals surface area contributed by atoms with Crippen LogP contribution in [-0.2, 0) is 6.42 Å². The number of hydrogen-bond donors (Lipinski definition) is 1. The molecule has 3 rings (SSSR count). The standard InChI is InChI=1S/C17H18N4/c1-2-18-17(14-9-10-19-20-12-14)11-15-8-7-13-5-3-4-6-16(13)21-15/h3-10,12,17-18H,2,11H2,1H3. The number of benzene rings is 1. The lowest BCUT2D eigenvalue weighted by Gasteiger charge is -2.17. The molecule has 4 nitrogen and oxygen atoms in total. The Labute approximate surface area is 124 Å². The van der Waals surface area contributed by atoms with Crippen molar-refractivity contribution in [2.24, 2.45) is 0 Å². The molecule has 0 radical (unpaired) electrons. The van der Waals surface area contributed by atoms with Gasteiger partial charge in [-0.3, -0.25) is 4.98 Å². The van der Waals surface area contributed by atoms with Gasteiger partial charge in [0, 0.05) is 29.7 Å². The van der Waals surface area contributed by atoms with E-state index in [2.05, 4.69) is 46.7 Å². The number of pyridine rings is 1. The van der Waals surface area contributed by atoms with Crippen LogP contribution in [0.3, 0.4) is 0 Å². The zero-order valence-corrected chi connectivity index (χ0v) is 12.0. The largest absolute Gasteiger partial charge is 0.310 e. The van der Waals surface area contributed by atoms with Gasteiger partial charge in [-0.1, -0.05) is 31.2 Å². The highest BCUT2D eigenvalue weighted by Gasteiger charge is 2.12. The summed E-state index contributed by atoms with van der Waals surface area (Å²) in [5, 5.41) is 12.5. The highest BCUT2D eigenvalue weighted by atomic mass is 15.1. The fourth-order valence-electron chi connectivity index (χ4n) is 2.49. The highest BCUT2D eigenvalue weighted by molar-refractivity contribution is 5.78. The van der Waals surface area contributed by atoms with E-state index in [1.807, 2.05) is 24.4 Å². The molecule has 2 aromatic heterocycles. The van der Waals surface area contributed by atoms with Crippen LogP contribution < -0.4 is 5.32 Å². The molecule has 0 saturated heterocycles. The second-order valence-electron chi connectivity index (χ2n) is 4.99. The Kier molecular flexibility index (Phi) is 4.17. The smallest absolute Gasteiger partial charge is 0.0705 e. The van der Waals surface area contributed by atoms with Crippen molar-refractivity contribution >= 4 is 10.9 Å². The Bertz CT molecular complexity index is 712. The summed E-state index contributed by atoms with van der Waals surface area (Å²) >= 11 is 0. The lowest BCUT2D eigenvalue weighted by atomic mass is 10.0. The first-order chi connectivity index (χ1) is 10.4. The SMILES string of the molecule is CCNC(Cc1ccc2ccccc2n1)c1ccnnc1. The van der Waals surface area contributed by atoms with E-state index in [0.29, 0.717) is 0 Å². The van der Waals surface area contributed by atoms with Crippen molar-refractivity contribution in [1.29, 1.82) is 0 Å².